The normalized spacial score (nSPS) is 9.62. The van der Waals surface area contributed by atoms with Gasteiger partial charge in [-0.15, -0.1) is 0 Å². The van der Waals surface area contributed by atoms with Crippen LogP contribution in [0, 0.1) is 21.9 Å². The summed E-state index contributed by atoms with van der Waals surface area (Å²) in [5.41, 5.74) is 1.17. The van der Waals surface area contributed by atoms with Crippen LogP contribution in [-0.2, 0) is 6.54 Å². The van der Waals surface area contributed by atoms with Crippen molar-refractivity contribution in [1.82, 2.24) is 0 Å². The van der Waals surface area contributed by atoms with E-state index < -0.39 is 4.92 Å². The molecule has 0 aliphatic heterocycles. The van der Waals surface area contributed by atoms with Crippen LogP contribution in [0.3, 0.4) is 0 Å². The predicted octanol–water partition coefficient (Wildman–Crippen LogP) is 2.17. The van der Waals surface area contributed by atoms with Crippen molar-refractivity contribution in [3.8, 4) is 0 Å². The van der Waals surface area contributed by atoms with E-state index in [1.165, 1.54) is 6.07 Å². The zero-order chi connectivity index (χ0) is 9.84. The lowest BCUT2D eigenvalue weighted by atomic mass is 10.1. The van der Waals surface area contributed by atoms with Crippen LogP contribution in [0.4, 0.5) is 5.69 Å². The standard InChI is InChI=1S/C8H8N2O3/c1-6-2-3-7(5-9-11)4-8(6)10(12)13/h2-4H,5H2,1H3. The molecule has 5 heteroatoms. The van der Waals surface area contributed by atoms with Crippen LogP contribution in [0.1, 0.15) is 11.1 Å². The van der Waals surface area contributed by atoms with Gasteiger partial charge in [-0.3, -0.25) is 10.1 Å². The summed E-state index contributed by atoms with van der Waals surface area (Å²) < 4.78 is 0. The smallest absolute Gasteiger partial charge is 0.258 e. The van der Waals surface area contributed by atoms with Crippen LogP contribution < -0.4 is 0 Å². The topological polar surface area (TPSA) is 72.6 Å². The Kier molecular flexibility index (Phi) is 2.69. The summed E-state index contributed by atoms with van der Waals surface area (Å²) in [7, 11) is 0. The number of nitro groups is 1. The van der Waals surface area contributed by atoms with Gasteiger partial charge in [0.15, 0.2) is 0 Å². The molecule has 1 rings (SSSR count). The molecule has 0 radical (unpaired) electrons. The lowest BCUT2D eigenvalue weighted by Crippen LogP contribution is -1.93. The second-order valence-electron chi connectivity index (χ2n) is 2.67. The third kappa shape index (κ3) is 2.08. The zero-order valence-electron chi connectivity index (χ0n) is 7.06. The van der Waals surface area contributed by atoms with E-state index in [0.717, 1.165) is 0 Å². The van der Waals surface area contributed by atoms with Gasteiger partial charge in [-0.2, -0.15) is 4.91 Å². The van der Waals surface area contributed by atoms with Crippen LogP contribution in [0.5, 0.6) is 0 Å². The largest absolute Gasteiger partial charge is 0.272 e. The summed E-state index contributed by atoms with van der Waals surface area (Å²) in [6.45, 7) is 1.62. The molecule has 0 aromatic heterocycles. The molecule has 0 aliphatic carbocycles. The fourth-order valence-corrected chi connectivity index (χ4v) is 1.02. The molecule has 0 saturated carbocycles. The quantitative estimate of drug-likeness (QED) is 0.406. The highest BCUT2D eigenvalue weighted by Crippen LogP contribution is 2.19. The number of hydrogen-bond donors (Lipinski definition) is 0. The SMILES string of the molecule is Cc1ccc(CN=O)cc1[N+](=O)[O-]. The summed E-state index contributed by atoms with van der Waals surface area (Å²) >= 11 is 0. The van der Waals surface area contributed by atoms with E-state index in [2.05, 4.69) is 5.18 Å². The Hall–Kier alpha value is -1.78. The third-order valence-electron chi connectivity index (χ3n) is 1.72. The highest BCUT2D eigenvalue weighted by molar-refractivity contribution is 5.42. The van der Waals surface area contributed by atoms with Gasteiger partial charge < -0.3 is 0 Å². The van der Waals surface area contributed by atoms with E-state index in [4.69, 9.17) is 0 Å². The average Bonchev–Trinajstić information content (AvgIpc) is 2.08. The van der Waals surface area contributed by atoms with Gasteiger partial charge in [0.1, 0.15) is 6.54 Å². The zero-order valence-corrected chi connectivity index (χ0v) is 7.06. The third-order valence-corrected chi connectivity index (χ3v) is 1.72. The number of rotatable bonds is 3. The van der Waals surface area contributed by atoms with Crippen LogP contribution in [0.25, 0.3) is 0 Å². The molecule has 0 N–H and O–H groups in total. The molecule has 0 unspecified atom stereocenters. The molecule has 0 atom stereocenters. The first-order chi connectivity index (χ1) is 6.15. The maximum atomic E-state index is 10.5. The number of nitroso groups, excluding NO2 is 1. The number of aryl methyl sites for hydroxylation is 1. The van der Waals surface area contributed by atoms with Crippen molar-refractivity contribution in [3.05, 3.63) is 44.3 Å². The first-order valence-corrected chi connectivity index (χ1v) is 3.68. The molecule has 1 aromatic rings. The van der Waals surface area contributed by atoms with Gasteiger partial charge in [-0.1, -0.05) is 17.3 Å². The fraction of sp³-hybridized carbons (Fsp3) is 0.250. The number of benzene rings is 1. The van der Waals surface area contributed by atoms with Crippen molar-refractivity contribution in [2.45, 2.75) is 13.5 Å². The molecular formula is C8H8N2O3. The molecule has 0 aliphatic rings. The van der Waals surface area contributed by atoms with Crippen molar-refractivity contribution >= 4 is 5.69 Å². The highest BCUT2D eigenvalue weighted by Gasteiger charge is 2.10. The first kappa shape index (κ1) is 9.31. The molecule has 5 nitrogen and oxygen atoms in total. The van der Waals surface area contributed by atoms with E-state index >= 15 is 0 Å². The van der Waals surface area contributed by atoms with Crippen molar-refractivity contribution in [2.75, 3.05) is 0 Å². The molecule has 13 heavy (non-hydrogen) atoms. The van der Waals surface area contributed by atoms with Crippen LogP contribution in [-0.4, -0.2) is 4.92 Å². The van der Waals surface area contributed by atoms with Gasteiger partial charge in [0.25, 0.3) is 5.69 Å². The summed E-state index contributed by atoms with van der Waals surface area (Å²) in [6, 6.07) is 4.64. The fourth-order valence-electron chi connectivity index (χ4n) is 1.02. The van der Waals surface area contributed by atoms with Gasteiger partial charge in [0.2, 0.25) is 0 Å². The molecule has 0 spiro atoms. The minimum absolute atomic E-state index is 0.0267. The van der Waals surface area contributed by atoms with Crippen LogP contribution >= 0.6 is 0 Å². The lowest BCUT2D eigenvalue weighted by Gasteiger charge is -1.98. The van der Waals surface area contributed by atoms with Gasteiger partial charge in [-0.05, 0) is 12.5 Å². The Morgan fingerprint density at radius 2 is 2.23 bits per heavy atom. The molecule has 0 amide bonds. The summed E-state index contributed by atoms with van der Waals surface area (Å²) in [6.07, 6.45) is 0. The van der Waals surface area contributed by atoms with Crippen molar-refractivity contribution in [2.24, 2.45) is 5.18 Å². The second kappa shape index (κ2) is 3.75. The first-order valence-electron chi connectivity index (χ1n) is 3.68. The van der Waals surface area contributed by atoms with Gasteiger partial charge in [0, 0.05) is 11.6 Å². The molecule has 0 bridgehead atoms. The van der Waals surface area contributed by atoms with E-state index in [9.17, 15) is 15.0 Å². The minimum Gasteiger partial charge on any atom is -0.258 e. The Morgan fingerprint density at radius 3 is 2.77 bits per heavy atom. The van der Waals surface area contributed by atoms with E-state index in [1.807, 2.05) is 0 Å². The van der Waals surface area contributed by atoms with Gasteiger partial charge in [-0.25, -0.2) is 0 Å². The van der Waals surface area contributed by atoms with E-state index in [1.54, 1.807) is 19.1 Å². The Bertz CT molecular complexity index is 349. The summed E-state index contributed by atoms with van der Waals surface area (Å²) in [5, 5.41) is 13.1. The lowest BCUT2D eigenvalue weighted by molar-refractivity contribution is -0.385. The molecule has 68 valence electrons. The molecule has 0 saturated heterocycles. The average molecular weight is 180 g/mol. The molecule has 1 aromatic carbocycles. The Balaban J connectivity index is 3.10. The van der Waals surface area contributed by atoms with Crippen LogP contribution in [0.2, 0.25) is 0 Å². The summed E-state index contributed by atoms with van der Waals surface area (Å²) in [4.78, 5) is 19.9. The monoisotopic (exact) mass is 180 g/mol. The molecule has 0 heterocycles. The van der Waals surface area contributed by atoms with Crippen molar-refractivity contribution in [3.63, 3.8) is 0 Å². The Labute approximate surface area is 74.5 Å². The Morgan fingerprint density at radius 1 is 1.54 bits per heavy atom. The number of nitro benzene ring substituents is 1. The van der Waals surface area contributed by atoms with Crippen LogP contribution in [0.15, 0.2) is 23.4 Å². The second-order valence-corrected chi connectivity index (χ2v) is 2.67. The number of nitrogens with zero attached hydrogens (tertiary/aromatic N) is 2. The van der Waals surface area contributed by atoms with E-state index in [-0.39, 0.29) is 12.2 Å². The summed E-state index contributed by atoms with van der Waals surface area (Å²) in [5.74, 6) is 0. The molecule has 0 fully saturated rings. The maximum absolute atomic E-state index is 10.5. The van der Waals surface area contributed by atoms with E-state index in [0.29, 0.717) is 11.1 Å². The van der Waals surface area contributed by atoms with Crippen molar-refractivity contribution in [1.29, 1.82) is 0 Å². The van der Waals surface area contributed by atoms with Crippen molar-refractivity contribution < 1.29 is 4.92 Å². The predicted molar refractivity (Wildman–Crippen MR) is 47.3 cm³/mol. The minimum atomic E-state index is -0.469. The highest BCUT2D eigenvalue weighted by atomic mass is 16.6. The van der Waals surface area contributed by atoms with Gasteiger partial charge >= 0.3 is 0 Å². The maximum Gasteiger partial charge on any atom is 0.272 e. The molecular weight excluding hydrogens is 172 g/mol. The van der Waals surface area contributed by atoms with Gasteiger partial charge in [0.05, 0.1) is 4.92 Å². The number of hydrogen-bond acceptors (Lipinski definition) is 4.